The number of fused-ring (bicyclic) bond motifs is 1. The summed E-state index contributed by atoms with van der Waals surface area (Å²) in [6.07, 6.45) is 0. The molecule has 0 saturated heterocycles. The molecule has 1 nitrogen and oxygen atoms in total. The zero-order valence-corrected chi connectivity index (χ0v) is 14.3. The molecule has 2 aromatic rings. The number of pyridine rings is 1. The van der Waals surface area contributed by atoms with E-state index in [0.717, 1.165) is 11.2 Å². The van der Waals surface area contributed by atoms with Crippen molar-refractivity contribution in [3.63, 3.8) is 0 Å². The molecule has 108 valence electrons. The minimum absolute atomic E-state index is 1.08. The van der Waals surface area contributed by atoms with Crippen LogP contribution >= 0.6 is 0 Å². The van der Waals surface area contributed by atoms with Crippen molar-refractivity contribution in [2.75, 3.05) is 0 Å². The lowest BCUT2D eigenvalue weighted by molar-refractivity contribution is 1.24. The molecule has 2 rings (SSSR count). The van der Waals surface area contributed by atoms with Gasteiger partial charge in [-0.2, -0.15) is 0 Å². The van der Waals surface area contributed by atoms with Crippen molar-refractivity contribution in [2.24, 2.45) is 0 Å². The number of benzene rings is 1. The van der Waals surface area contributed by atoms with Crippen LogP contribution < -0.4 is 0 Å². The van der Waals surface area contributed by atoms with Gasteiger partial charge in [-0.15, -0.1) is 0 Å². The molecular weight excluding hydrogens is 230 g/mol. The first-order valence-electron chi connectivity index (χ1n) is 7.52. The molecule has 0 spiro atoms. The Morgan fingerprint density at radius 2 is 1.21 bits per heavy atom. The Morgan fingerprint density at radius 1 is 0.684 bits per heavy atom. The van der Waals surface area contributed by atoms with Crippen LogP contribution in [-0.4, -0.2) is 4.98 Å². The third-order valence-corrected chi connectivity index (χ3v) is 2.55. The van der Waals surface area contributed by atoms with Crippen molar-refractivity contribution in [1.29, 1.82) is 0 Å². The van der Waals surface area contributed by atoms with Crippen molar-refractivity contribution >= 4 is 10.9 Å². The zero-order chi connectivity index (χ0) is 15.4. The molecule has 0 fully saturated rings. The summed E-state index contributed by atoms with van der Waals surface area (Å²) in [5, 5.41) is 1.27. The molecule has 0 aliphatic heterocycles. The quantitative estimate of drug-likeness (QED) is 0.547. The first kappa shape index (κ1) is 20.0. The fourth-order valence-electron chi connectivity index (χ4n) is 1.56. The summed E-state index contributed by atoms with van der Waals surface area (Å²) in [6, 6.07) is 8.43. The SMILES string of the molecule is CC.CC.CC.Cc1ccc2c(C)c(C)ccc2n1. The summed E-state index contributed by atoms with van der Waals surface area (Å²) in [6.45, 7) is 18.3. The van der Waals surface area contributed by atoms with Crippen LogP contribution in [0, 0.1) is 20.8 Å². The van der Waals surface area contributed by atoms with Crippen LogP contribution in [0.4, 0.5) is 0 Å². The maximum Gasteiger partial charge on any atom is 0.0708 e. The van der Waals surface area contributed by atoms with E-state index >= 15 is 0 Å². The van der Waals surface area contributed by atoms with Gasteiger partial charge >= 0.3 is 0 Å². The van der Waals surface area contributed by atoms with Crippen LogP contribution in [-0.2, 0) is 0 Å². The first-order chi connectivity index (χ1) is 9.18. The largest absolute Gasteiger partial charge is 0.253 e. The molecule has 0 saturated carbocycles. The summed E-state index contributed by atoms with van der Waals surface area (Å²) in [5.74, 6) is 0. The van der Waals surface area contributed by atoms with E-state index in [2.05, 4.69) is 43.1 Å². The van der Waals surface area contributed by atoms with Gasteiger partial charge in [-0.3, -0.25) is 4.98 Å². The van der Waals surface area contributed by atoms with Crippen LogP contribution in [0.2, 0.25) is 0 Å². The molecule has 0 bridgehead atoms. The van der Waals surface area contributed by atoms with Crippen LogP contribution in [0.5, 0.6) is 0 Å². The predicted molar refractivity (Wildman–Crippen MR) is 90.0 cm³/mol. The molecule has 0 unspecified atom stereocenters. The standard InChI is InChI=1S/C12H13N.3C2H6/c1-8-4-7-12-11(10(8)3)6-5-9(2)13-12;3*1-2/h4-7H,1-3H3;3*1-2H3. The van der Waals surface area contributed by atoms with E-state index in [9.17, 15) is 0 Å². The maximum atomic E-state index is 4.48. The lowest BCUT2D eigenvalue weighted by atomic mass is 10.0. The molecule has 0 N–H and O–H groups in total. The second-order valence-electron chi connectivity index (χ2n) is 3.53. The number of aromatic nitrogens is 1. The van der Waals surface area contributed by atoms with Crippen LogP contribution in [0.3, 0.4) is 0 Å². The Morgan fingerprint density at radius 3 is 1.74 bits per heavy atom. The zero-order valence-electron chi connectivity index (χ0n) is 14.3. The molecule has 0 atom stereocenters. The van der Waals surface area contributed by atoms with Gasteiger partial charge in [-0.25, -0.2) is 0 Å². The molecule has 0 radical (unpaired) electrons. The average Bonchev–Trinajstić information content (AvgIpc) is 2.49. The molecule has 1 heteroatoms. The molecule has 1 aromatic carbocycles. The van der Waals surface area contributed by atoms with Crippen LogP contribution in [0.15, 0.2) is 24.3 Å². The van der Waals surface area contributed by atoms with Gasteiger partial charge in [0.15, 0.2) is 0 Å². The van der Waals surface area contributed by atoms with Crippen LogP contribution in [0.25, 0.3) is 10.9 Å². The van der Waals surface area contributed by atoms with E-state index in [1.807, 2.05) is 48.5 Å². The summed E-state index contributed by atoms with van der Waals surface area (Å²) < 4.78 is 0. The average molecular weight is 261 g/mol. The van der Waals surface area contributed by atoms with E-state index in [4.69, 9.17) is 0 Å². The molecule has 1 aromatic heterocycles. The van der Waals surface area contributed by atoms with Gasteiger partial charge in [0.25, 0.3) is 0 Å². The highest BCUT2D eigenvalue weighted by Crippen LogP contribution is 2.19. The summed E-state index contributed by atoms with van der Waals surface area (Å²) in [5.41, 5.74) is 4.85. The Balaban J connectivity index is 0. The fraction of sp³-hybridized carbons (Fsp3) is 0.500. The van der Waals surface area contributed by atoms with Gasteiger partial charge < -0.3 is 0 Å². The van der Waals surface area contributed by atoms with Crippen LogP contribution in [0.1, 0.15) is 58.4 Å². The van der Waals surface area contributed by atoms with Gasteiger partial charge in [0, 0.05) is 11.1 Å². The van der Waals surface area contributed by atoms with Crippen molar-refractivity contribution in [2.45, 2.75) is 62.3 Å². The Hall–Kier alpha value is -1.37. The van der Waals surface area contributed by atoms with Crippen molar-refractivity contribution in [3.05, 3.63) is 41.1 Å². The number of rotatable bonds is 0. The van der Waals surface area contributed by atoms with Gasteiger partial charge in [-0.05, 0) is 44.0 Å². The maximum absolute atomic E-state index is 4.48. The molecule has 1 heterocycles. The van der Waals surface area contributed by atoms with Gasteiger partial charge in [0.05, 0.1) is 5.52 Å². The minimum atomic E-state index is 1.08. The third kappa shape index (κ3) is 5.87. The topological polar surface area (TPSA) is 12.9 Å². The van der Waals surface area contributed by atoms with Crippen molar-refractivity contribution in [3.8, 4) is 0 Å². The van der Waals surface area contributed by atoms with E-state index < -0.39 is 0 Å². The van der Waals surface area contributed by atoms with Crippen molar-refractivity contribution in [1.82, 2.24) is 4.98 Å². The Kier molecular flexibility index (Phi) is 12.3. The normalized spacial score (nSPS) is 8.26. The van der Waals surface area contributed by atoms with Gasteiger partial charge in [-0.1, -0.05) is 53.7 Å². The van der Waals surface area contributed by atoms with E-state index in [1.54, 1.807) is 0 Å². The highest BCUT2D eigenvalue weighted by atomic mass is 14.7. The Bertz CT molecular complexity index is 458. The number of nitrogens with zero attached hydrogens (tertiary/aromatic N) is 1. The van der Waals surface area contributed by atoms with E-state index in [1.165, 1.54) is 16.5 Å². The number of aryl methyl sites for hydroxylation is 3. The minimum Gasteiger partial charge on any atom is -0.253 e. The summed E-state index contributed by atoms with van der Waals surface area (Å²) in [4.78, 5) is 4.48. The van der Waals surface area contributed by atoms with Crippen molar-refractivity contribution < 1.29 is 0 Å². The lowest BCUT2D eigenvalue weighted by Crippen LogP contribution is -1.87. The second kappa shape index (κ2) is 11.7. The van der Waals surface area contributed by atoms with Gasteiger partial charge in [0.1, 0.15) is 0 Å². The highest BCUT2D eigenvalue weighted by Gasteiger charge is 2.00. The first-order valence-corrected chi connectivity index (χ1v) is 7.52. The van der Waals surface area contributed by atoms with Gasteiger partial charge in [0.2, 0.25) is 0 Å². The number of hydrogen-bond acceptors (Lipinski definition) is 1. The monoisotopic (exact) mass is 261 g/mol. The smallest absolute Gasteiger partial charge is 0.0708 e. The molecule has 0 aliphatic carbocycles. The highest BCUT2D eigenvalue weighted by molar-refractivity contribution is 5.83. The lowest BCUT2D eigenvalue weighted by Gasteiger charge is -2.05. The molecule has 0 aliphatic rings. The second-order valence-corrected chi connectivity index (χ2v) is 3.53. The molecule has 0 amide bonds. The van der Waals surface area contributed by atoms with E-state index in [-0.39, 0.29) is 0 Å². The predicted octanol–water partition coefficient (Wildman–Crippen LogP) is 6.24. The molecular formula is C18H31N. The summed E-state index contributed by atoms with van der Waals surface area (Å²) in [7, 11) is 0. The Labute approximate surface area is 120 Å². The van der Waals surface area contributed by atoms with E-state index in [0.29, 0.717) is 0 Å². The molecule has 19 heavy (non-hydrogen) atoms. The fourth-order valence-corrected chi connectivity index (χ4v) is 1.56. The summed E-state index contributed by atoms with van der Waals surface area (Å²) >= 11 is 0. The number of hydrogen-bond donors (Lipinski definition) is 0. The third-order valence-electron chi connectivity index (χ3n) is 2.55.